The predicted molar refractivity (Wildman–Crippen MR) is 102 cm³/mol. The van der Waals surface area contributed by atoms with E-state index in [1.54, 1.807) is 12.1 Å². The predicted octanol–water partition coefficient (Wildman–Crippen LogP) is 2.89. The lowest BCUT2D eigenvalue weighted by atomic mass is 9.98. The van der Waals surface area contributed by atoms with Crippen molar-refractivity contribution in [3.8, 4) is 5.75 Å². The average Bonchev–Trinajstić information content (AvgIpc) is 2.51. The van der Waals surface area contributed by atoms with E-state index in [-0.39, 0.29) is 0 Å². The molecule has 0 saturated heterocycles. The third-order valence-electron chi connectivity index (χ3n) is 4.37. The normalized spacial score (nSPS) is 14.0. The van der Waals surface area contributed by atoms with Gasteiger partial charge in [0.2, 0.25) is 5.40 Å². The Balaban J connectivity index is 2.50. The van der Waals surface area contributed by atoms with Crippen LogP contribution in [0.25, 0.3) is 0 Å². The maximum absolute atomic E-state index is 11.3. The smallest absolute Gasteiger partial charge is 0.347 e. The third-order valence-corrected chi connectivity index (χ3v) is 8.05. The van der Waals surface area contributed by atoms with E-state index in [1.807, 2.05) is 0 Å². The van der Waals surface area contributed by atoms with E-state index < -0.39 is 27.1 Å². The molecule has 10 heteroatoms. The molecule has 0 aromatic carbocycles. The highest BCUT2D eigenvalue weighted by Crippen LogP contribution is 2.59. The van der Waals surface area contributed by atoms with Crippen LogP contribution in [-0.2, 0) is 15.7 Å². The quantitative estimate of drug-likeness (QED) is 0.300. The van der Waals surface area contributed by atoms with Crippen molar-refractivity contribution in [2.45, 2.75) is 58.4 Å². The van der Waals surface area contributed by atoms with Crippen molar-refractivity contribution in [2.75, 3.05) is 6.61 Å². The van der Waals surface area contributed by atoms with Crippen molar-refractivity contribution in [1.29, 1.82) is 0 Å². The summed E-state index contributed by atoms with van der Waals surface area (Å²) in [5.74, 6) is 1.90. The summed E-state index contributed by atoms with van der Waals surface area (Å²) in [4.78, 5) is 36.7. The number of hydrogen-bond acceptors (Lipinski definition) is 3. The Bertz CT molecular complexity index is 632. The zero-order valence-electron chi connectivity index (χ0n) is 16.1. The maximum atomic E-state index is 11.3. The van der Waals surface area contributed by atoms with E-state index in [0.717, 1.165) is 12.3 Å². The third kappa shape index (κ3) is 9.84. The summed E-state index contributed by atoms with van der Waals surface area (Å²) in [6.07, 6.45) is 7.52. The first-order valence-electron chi connectivity index (χ1n) is 9.12. The molecule has 156 valence electrons. The molecule has 4 N–H and O–H groups in total. The van der Waals surface area contributed by atoms with Crippen molar-refractivity contribution >= 4 is 15.2 Å². The van der Waals surface area contributed by atoms with Crippen LogP contribution >= 0.6 is 15.2 Å². The Morgan fingerprint density at radius 1 is 0.963 bits per heavy atom. The lowest BCUT2D eigenvalue weighted by molar-refractivity contribution is -0.694. The molecule has 0 saturated carbocycles. The lowest BCUT2D eigenvalue weighted by Gasteiger charge is -2.16. The molecule has 0 fully saturated rings. The SMILES string of the molecule is CC(C)CCCC(C)CCOc1cc[n+](CC(P(=O)(O)O)P(=O)(O)O)cc1. The summed E-state index contributed by atoms with van der Waals surface area (Å²) in [6.45, 7) is 6.73. The summed E-state index contributed by atoms with van der Waals surface area (Å²) in [5.41, 5.74) is 0. The number of pyridine rings is 1. The molecule has 0 radical (unpaired) electrons. The molecule has 0 spiro atoms. The first-order valence-corrected chi connectivity index (χ1v) is 12.5. The summed E-state index contributed by atoms with van der Waals surface area (Å²) >= 11 is 0. The second kappa shape index (κ2) is 10.7. The second-order valence-corrected chi connectivity index (χ2v) is 11.5. The van der Waals surface area contributed by atoms with Crippen molar-refractivity contribution in [1.82, 2.24) is 0 Å². The number of ether oxygens (including phenoxy) is 1. The molecule has 0 bridgehead atoms. The van der Waals surface area contributed by atoms with Gasteiger partial charge in [0.15, 0.2) is 18.9 Å². The monoisotopic (exact) mass is 424 g/mol. The van der Waals surface area contributed by atoms with E-state index in [1.165, 1.54) is 36.2 Å². The molecule has 0 aliphatic carbocycles. The van der Waals surface area contributed by atoms with Crippen molar-refractivity contribution in [3.63, 3.8) is 0 Å². The molecular weight excluding hydrogens is 392 g/mol. The minimum Gasteiger partial charge on any atom is -0.493 e. The summed E-state index contributed by atoms with van der Waals surface area (Å²) < 4.78 is 29.7. The Labute approximate surface area is 160 Å². The van der Waals surface area contributed by atoms with Crippen LogP contribution < -0.4 is 9.30 Å². The highest BCUT2D eigenvalue weighted by atomic mass is 31.2. The fourth-order valence-corrected chi connectivity index (χ4v) is 5.03. The fraction of sp³-hybridized carbons (Fsp3) is 0.706. The van der Waals surface area contributed by atoms with Gasteiger partial charge in [0, 0.05) is 12.1 Å². The molecule has 1 rings (SSSR count). The number of nitrogens with zero attached hydrogens (tertiary/aromatic N) is 1. The maximum Gasteiger partial charge on any atom is 0.347 e. The van der Waals surface area contributed by atoms with Gasteiger partial charge in [0.05, 0.1) is 6.61 Å². The number of hydrogen-bond donors (Lipinski definition) is 4. The van der Waals surface area contributed by atoms with E-state index in [9.17, 15) is 9.13 Å². The molecule has 8 nitrogen and oxygen atoms in total. The van der Waals surface area contributed by atoms with Crippen LogP contribution in [0, 0.1) is 11.8 Å². The first-order chi connectivity index (χ1) is 12.4. The summed E-state index contributed by atoms with van der Waals surface area (Å²) in [7, 11) is -9.87. The van der Waals surface area contributed by atoms with Gasteiger partial charge < -0.3 is 24.3 Å². The topological polar surface area (TPSA) is 128 Å². The standard InChI is InChI=1S/C17H31NO7P2/c1-14(2)5-4-6-15(3)9-12-25-16-7-10-18(11-8-16)13-17(26(19,20)21)27(22,23)24/h7-8,10-11,14-15,17H,4-6,9,12-13H2,1-3H3,(H3-,19,20,21,22,23,24)/p+1. The van der Waals surface area contributed by atoms with Crippen LogP contribution in [0.5, 0.6) is 5.75 Å². The van der Waals surface area contributed by atoms with Crippen LogP contribution in [0.1, 0.15) is 46.5 Å². The van der Waals surface area contributed by atoms with E-state index in [4.69, 9.17) is 24.3 Å². The van der Waals surface area contributed by atoms with Gasteiger partial charge in [0.25, 0.3) is 0 Å². The number of rotatable bonds is 12. The van der Waals surface area contributed by atoms with Crippen LogP contribution in [0.2, 0.25) is 0 Å². The zero-order chi connectivity index (χ0) is 20.7. The van der Waals surface area contributed by atoms with Crippen LogP contribution in [0.4, 0.5) is 0 Å². The van der Waals surface area contributed by atoms with Crippen LogP contribution in [-0.4, -0.2) is 31.6 Å². The molecule has 1 unspecified atom stereocenters. The van der Waals surface area contributed by atoms with Gasteiger partial charge in [-0.2, -0.15) is 0 Å². The molecule has 0 amide bonds. The molecule has 27 heavy (non-hydrogen) atoms. The minimum atomic E-state index is -4.93. The molecule has 0 aliphatic rings. The highest BCUT2D eigenvalue weighted by molar-refractivity contribution is 7.70. The van der Waals surface area contributed by atoms with Crippen molar-refractivity contribution < 1.29 is 38.0 Å². The lowest BCUT2D eigenvalue weighted by Crippen LogP contribution is -2.38. The minimum absolute atomic E-state index is 0.484. The zero-order valence-corrected chi connectivity index (χ0v) is 17.9. The molecule has 1 atom stereocenters. The highest BCUT2D eigenvalue weighted by Gasteiger charge is 2.46. The van der Waals surface area contributed by atoms with Crippen molar-refractivity contribution in [2.24, 2.45) is 11.8 Å². The van der Waals surface area contributed by atoms with Crippen LogP contribution in [0.15, 0.2) is 24.5 Å². The average molecular weight is 424 g/mol. The Kier molecular flexibility index (Phi) is 9.63. The molecular formula is C17H32NO7P2+. The molecule has 1 heterocycles. The van der Waals surface area contributed by atoms with E-state index in [0.29, 0.717) is 18.3 Å². The molecule has 1 aromatic rings. The molecule has 0 aliphatic heterocycles. The van der Waals surface area contributed by atoms with Crippen LogP contribution in [0.3, 0.4) is 0 Å². The molecule has 1 aromatic heterocycles. The van der Waals surface area contributed by atoms with Gasteiger partial charge in [-0.3, -0.25) is 9.13 Å². The largest absolute Gasteiger partial charge is 0.493 e. The first kappa shape index (κ1) is 24.3. The van der Waals surface area contributed by atoms with Gasteiger partial charge in [-0.1, -0.05) is 40.0 Å². The Morgan fingerprint density at radius 3 is 2.00 bits per heavy atom. The van der Waals surface area contributed by atoms with Gasteiger partial charge in [-0.15, -0.1) is 0 Å². The number of aromatic nitrogens is 1. The summed E-state index contributed by atoms with van der Waals surface area (Å²) in [6, 6.07) is 3.22. The van der Waals surface area contributed by atoms with E-state index >= 15 is 0 Å². The fourth-order valence-electron chi connectivity index (χ4n) is 2.66. The van der Waals surface area contributed by atoms with E-state index in [2.05, 4.69) is 20.8 Å². The van der Waals surface area contributed by atoms with Gasteiger partial charge >= 0.3 is 15.2 Å². The van der Waals surface area contributed by atoms with Gasteiger partial charge in [-0.25, -0.2) is 4.57 Å². The van der Waals surface area contributed by atoms with Gasteiger partial charge in [0.1, 0.15) is 5.75 Å². The summed E-state index contributed by atoms with van der Waals surface area (Å²) in [5, 5.41) is -2.06. The van der Waals surface area contributed by atoms with Crippen molar-refractivity contribution in [3.05, 3.63) is 24.5 Å². The second-order valence-electron chi connectivity index (χ2n) is 7.46. The van der Waals surface area contributed by atoms with Gasteiger partial charge in [-0.05, 0) is 18.3 Å². The Hall–Kier alpha value is -0.750. The Morgan fingerprint density at radius 2 is 1.52 bits per heavy atom.